The minimum absolute atomic E-state index is 0.529. The minimum Gasteiger partial charge on any atom is -0.489 e. The van der Waals surface area contributed by atoms with Gasteiger partial charge in [-0.25, -0.2) is 0 Å². The van der Waals surface area contributed by atoms with Crippen LogP contribution in [0.2, 0.25) is 10.0 Å². The molecule has 0 radical (unpaired) electrons. The summed E-state index contributed by atoms with van der Waals surface area (Å²) in [4.78, 5) is 0. The highest BCUT2D eigenvalue weighted by Crippen LogP contribution is 2.28. The van der Waals surface area contributed by atoms with E-state index in [-0.39, 0.29) is 0 Å². The molecule has 0 atom stereocenters. The second-order valence-corrected chi connectivity index (χ2v) is 7.74. The van der Waals surface area contributed by atoms with E-state index < -0.39 is 0 Å². The topological polar surface area (TPSA) is 21.3 Å². The standard InChI is InChI=1S/C21H18BrCl2NO/c1-14-3-2-4-15(9-14)13-26-21-8-5-17(22)10-16(21)12-25-18-6-7-19(23)20(24)11-18/h2-11,25H,12-13H2,1H3. The van der Waals surface area contributed by atoms with Gasteiger partial charge in [-0.1, -0.05) is 69.0 Å². The Balaban J connectivity index is 1.71. The summed E-state index contributed by atoms with van der Waals surface area (Å²) in [5, 5.41) is 4.43. The molecule has 0 spiro atoms. The maximum Gasteiger partial charge on any atom is 0.124 e. The van der Waals surface area contributed by atoms with E-state index in [0.29, 0.717) is 23.2 Å². The number of aryl methyl sites for hydroxylation is 1. The zero-order valence-corrected chi connectivity index (χ0v) is 17.3. The van der Waals surface area contributed by atoms with Crippen LogP contribution in [0.25, 0.3) is 0 Å². The first kappa shape index (κ1) is 19.1. The third kappa shape index (κ3) is 5.16. The van der Waals surface area contributed by atoms with Crippen molar-refractivity contribution in [3.05, 3.63) is 91.9 Å². The fourth-order valence-corrected chi connectivity index (χ4v) is 3.30. The lowest BCUT2D eigenvalue weighted by Crippen LogP contribution is -2.04. The maximum atomic E-state index is 6.08. The highest BCUT2D eigenvalue weighted by molar-refractivity contribution is 9.10. The molecule has 1 N–H and O–H groups in total. The summed E-state index contributed by atoms with van der Waals surface area (Å²) in [5.41, 5.74) is 4.34. The summed E-state index contributed by atoms with van der Waals surface area (Å²) in [6.45, 7) is 3.22. The molecule has 0 saturated carbocycles. The lowest BCUT2D eigenvalue weighted by molar-refractivity contribution is 0.303. The summed E-state index contributed by atoms with van der Waals surface area (Å²) in [6, 6.07) is 19.8. The van der Waals surface area contributed by atoms with E-state index in [4.69, 9.17) is 27.9 Å². The van der Waals surface area contributed by atoms with Gasteiger partial charge >= 0.3 is 0 Å². The molecular weight excluding hydrogens is 433 g/mol. The molecule has 3 aromatic rings. The summed E-state index contributed by atoms with van der Waals surface area (Å²) < 4.78 is 7.06. The Bertz CT molecular complexity index is 914. The lowest BCUT2D eigenvalue weighted by atomic mass is 10.1. The van der Waals surface area contributed by atoms with Gasteiger partial charge in [-0.3, -0.25) is 0 Å². The zero-order valence-electron chi connectivity index (χ0n) is 14.2. The van der Waals surface area contributed by atoms with Crippen LogP contribution in [0.4, 0.5) is 5.69 Å². The molecule has 3 rings (SSSR count). The Hall–Kier alpha value is -1.68. The van der Waals surface area contributed by atoms with Crippen LogP contribution in [-0.4, -0.2) is 0 Å². The van der Waals surface area contributed by atoms with Gasteiger partial charge in [-0.2, -0.15) is 0 Å². The van der Waals surface area contributed by atoms with E-state index in [1.165, 1.54) is 5.56 Å². The Kier molecular flexibility index (Phi) is 6.47. The van der Waals surface area contributed by atoms with Crippen LogP contribution in [0.3, 0.4) is 0 Å². The van der Waals surface area contributed by atoms with Crippen LogP contribution in [0, 0.1) is 6.92 Å². The molecule has 0 aliphatic heterocycles. The Morgan fingerprint density at radius 1 is 0.962 bits per heavy atom. The summed E-state index contributed by atoms with van der Waals surface area (Å²) in [5.74, 6) is 0.849. The molecule has 2 nitrogen and oxygen atoms in total. The summed E-state index contributed by atoms with van der Waals surface area (Å²) >= 11 is 15.6. The SMILES string of the molecule is Cc1cccc(COc2ccc(Br)cc2CNc2ccc(Cl)c(Cl)c2)c1. The van der Waals surface area contributed by atoms with Gasteiger partial charge < -0.3 is 10.1 Å². The van der Waals surface area contributed by atoms with Gasteiger partial charge in [0.25, 0.3) is 0 Å². The second kappa shape index (κ2) is 8.81. The van der Waals surface area contributed by atoms with Crippen molar-refractivity contribution >= 4 is 44.8 Å². The predicted octanol–water partition coefficient (Wildman–Crippen LogP) is 7.26. The van der Waals surface area contributed by atoms with Crippen molar-refractivity contribution in [3.8, 4) is 5.75 Å². The first-order valence-corrected chi connectivity index (χ1v) is 9.72. The van der Waals surface area contributed by atoms with Crippen molar-refractivity contribution < 1.29 is 4.74 Å². The number of rotatable bonds is 6. The third-order valence-electron chi connectivity index (χ3n) is 3.90. The smallest absolute Gasteiger partial charge is 0.124 e. The zero-order chi connectivity index (χ0) is 18.5. The van der Waals surface area contributed by atoms with Gasteiger partial charge in [-0.05, 0) is 48.9 Å². The van der Waals surface area contributed by atoms with Crippen LogP contribution in [0.5, 0.6) is 5.75 Å². The fraction of sp³-hybridized carbons (Fsp3) is 0.143. The van der Waals surface area contributed by atoms with Gasteiger partial charge in [0.2, 0.25) is 0 Å². The van der Waals surface area contributed by atoms with E-state index in [0.717, 1.165) is 27.0 Å². The molecule has 0 saturated heterocycles. The second-order valence-electron chi connectivity index (χ2n) is 6.01. The van der Waals surface area contributed by atoms with Crippen molar-refractivity contribution in [1.82, 2.24) is 0 Å². The molecule has 26 heavy (non-hydrogen) atoms. The maximum absolute atomic E-state index is 6.08. The van der Waals surface area contributed by atoms with Gasteiger partial charge in [0.05, 0.1) is 10.0 Å². The molecule has 0 aliphatic rings. The van der Waals surface area contributed by atoms with Crippen molar-refractivity contribution in [3.63, 3.8) is 0 Å². The molecule has 0 aliphatic carbocycles. The van der Waals surface area contributed by atoms with E-state index in [1.807, 2.05) is 30.3 Å². The first-order valence-electron chi connectivity index (χ1n) is 8.17. The van der Waals surface area contributed by atoms with Crippen molar-refractivity contribution in [1.29, 1.82) is 0 Å². The Morgan fingerprint density at radius 3 is 2.58 bits per heavy atom. The molecule has 0 heterocycles. The molecular formula is C21H18BrCl2NO. The van der Waals surface area contributed by atoms with E-state index in [9.17, 15) is 0 Å². The molecule has 0 aromatic heterocycles. The number of halogens is 3. The average molecular weight is 451 g/mol. The van der Waals surface area contributed by atoms with E-state index >= 15 is 0 Å². The van der Waals surface area contributed by atoms with Crippen LogP contribution in [0.1, 0.15) is 16.7 Å². The van der Waals surface area contributed by atoms with Crippen LogP contribution in [-0.2, 0) is 13.2 Å². The van der Waals surface area contributed by atoms with Gasteiger partial charge in [0, 0.05) is 22.3 Å². The summed E-state index contributed by atoms with van der Waals surface area (Å²) in [7, 11) is 0. The molecule has 0 fully saturated rings. The van der Waals surface area contributed by atoms with Crippen molar-refractivity contribution in [2.75, 3.05) is 5.32 Å². The van der Waals surface area contributed by atoms with Gasteiger partial charge in [0.15, 0.2) is 0 Å². The van der Waals surface area contributed by atoms with Crippen LogP contribution < -0.4 is 10.1 Å². The van der Waals surface area contributed by atoms with Crippen molar-refractivity contribution in [2.24, 2.45) is 0 Å². The number of hydrogen-bond acceptors (Lipinski definition) is 2. The van der Waals surface area contributed by atoms with Crippen molar-refractivity contribution in [2.45, 2.75) is 20.1 Å². The lowest BCUT2D eigenvalue weighted by Gasteiger charge is -2.14. The van der Waals surface area contributed by atoms with Gasteiger partial charge in [0.1, 0.15) is 12.4 Å². The summed E-state index contributed by atoms with van der Waals surface area (Å²) in [6.07, 6.45) is 0. The molecule has 5 heteroatoms. The van der Waals surface area contributed by atoms with Gasteiger partial charge in [-0.15, -0.1) is 0 Å². The fourth-order valence-electron chi connectivity index (χ4n) is 2.59. The van der Waals surface area contributed by atoms with E-state index in [1.54, 1.807) is 6.07 Å². The highest BCUT2D eigenvalue weighted by Gasteiger charge is 2.07. The first-order chi connectivity index (χ1) is 12.5. The number of nitrogens with one attached hydrogen (secondary N) is 1. The third-order valence-corrected chi connectivity index (χ3v) is 5.13. The largest absolute Gasteiger partial charge is 0.489 e. The normalized spacial score (nSPS) is 10.6. The van der Waals surface area contributed by atoms with Crippen LogP contribution >= 0.6 is 39.1 Å². The molecule has 134 valence electrons. The molecule has 0 bridgehead atoms. The number of benzene rings is 3. The van der Waals surface area contributed by atoms with Crippen LogP contribution in [0.15, 0.2) is 65.1 Å². The Morgan fingerprint density at radius 2 is 1.81 bits per heavy atom. The number of ether oxygens (including phenoxy) is 1. The monoisotopic (exact) mass is 449 g/mol. The highest BCUT2D eigenvalue weighted by atomic mass is 79.9. The quantitative estimate of drug-likeness (QED) is 0.426. The minimum atomic E-state index is 0.529. The average Bonchev–Trinajstić information content (AvgIpc) is 2.62. The molecule has 3 aromatic carbocycles. The number of anilines is 1. The molecule has 0 amide bonds. The predicted molar refractivity (Wildman–Crippen MR) is 113 cm³/mol. The number of hydrogen-bond donors (Lipinski definition) is 1. The Labute approximate surface area is 172 Å². The van der Waals surface area contributed by atoms with E-state index in [2.05, 4.69) is 52.4 Å². The molecule has 0 unspecified atom stereocenters.